The highest BCUT2D eigenvalue weighted by Gasteiger charge is 2.65. The number of benzene rings is 4. The zero-order chi connectivity index (χ0) is 24.0. The molecule has 2 aliphatic heterocycles. The highest BCUT2D eigenvalue weighted by Crippen LogP contribution is 2.58. The largest absolute Gasteiger partial charge is 0.305 e. The molecule has 0 radical (unpaired) electrons. The summed E-state index contributed by atoms with van der Waals surface area (Å²) in [5.74, 6) is -1.09. The second-order valence-corrected chi connectivity index (χ2v) is 9.03. The number of hydrogen-bond acceptors (Lipinski definition) is 2. The van der Waals surface area contributed by atoms with Crippen LogP contribution in [0.4, 0.5) is 15.8 Å². The summed E-state index contributed by atoms with van der Waals surface area (Å²) < 4.78 is 13.8. The van der Waals surface area contributed by atoms with Gasteiger partial charge in [-0.1, -0.05) is 78.9 Å². The molecule has 1 fully saturated rings. The van der Waals surface area contributed by atoms with Crippen molar-refractivity contribution in [1.82, 2.24) is 0 Å². The first-order chi connectivity index (χ1) is 17.1. The van der Waals surface area contributed by atoms with E-state index in [1.54, 1.807) is 21.9 Å². The number of carbonyl (C=O) groups is 2. The van der Waals surface area contributed by atoms with E-state index in [2.05, 4.69) is 0 Å². The van der Waals surface area contributed by atoms with Gasteiger partial charge in [0.05, 0.1) is 12.2 Å². The van der Waals surface area contributed by atoms with E-state index in [0.717, 1.165) is 22.4 Å². The van der Waals surface area contributed by atoms with Crippen molar-refractivity contribution in [1.29, 1.82) is 0 Å². The second kappa shape index (κ2) is 8.20. The Morgan fingerprint density at radius 3 is 2.11 bits per heavy atom. The first-order valence-corrected chi connectivity index (χ1v) is 11.7. The molecule has 2 heterocycles. The Morgan fingerprint density at radius 2 is 1.40 bits per heavy atom. The number of para-hydroxylation sites is 1. The second-order valence-electron chi connectivity index (χ2n) is 9.03. The Kier molecular flexibility index (Phi) is 4.99. The lowest BCUT2D eigenvalue weighted by molar-refractivity contribution is -0.125. The zero-order valence-corrected chi connectivity index (χ0v) is 19.0. The Bertz CT molecular complexity index is 1410. The molecule has 1 spiro atoms. The van der Waals surface area contributed by atoms with Gasteiger partial charge in [0.25, 0.3) is 5.91 Å². The van der Waals surface area contributed by atoms with Crippen LogP contribution in [0.15, 0.2) is 109 Å². The highest BCUT2D eigenvalue weighted by molar-refractivity contribution is 6.17. The molecule has 2 aliphatic rings. The van der Waals surface area contributed by atoms with Gasteiger partial charge >= 0.3 is 0 Å². The number of carbonyl (C=O) groups excluding carboxylic acids is 2. The molecule has 5 heteroatoms. The van der Waals surface area contributed by atoms with E-state index < -0.39 is 17.3 Å². The SMILES string of the molecule is O=C1C[C@@H](c2ccccc2)[C@@]2(C(=O)N(Cc3ccccc3)c3ccccc32)N1c1ccc(F)cc1. The van der Waals surface area contributed by atoms with E-state index in [-0.39, 0.29) is 18.2 Å². The van der Waals surface area contributed by atoms with Crippen LogP contribution in [0.5, 0.6) is 0 Å². The topological polar surface area (TPSA) is 40.6 Å². The number of amides is 2. The number of anilines is 2. The fraction of sp³-hybridized carbons (Fsp3) is 0.133. The van der Waals surface area contributed by atoms with Crippen LogP contribution in [0.2, 0.25) is 0 Å². The molecule has 0 aromatic heterocycles. The van der Waals surface area contributed by atoms with Crippen molar-refractivity contribution in [2.45, 2.75) is 24.4 Å². The Balaban J connectivity index is 1.59. The molecule has 1 saturated heterocycles. The van der Waals surface area contributed by atoms with Crippen LogP contribution in [-0.4, -0.2) is 11.8 Å². The summed E-state index contributed by atoms with van der Waals surface area (Å²) in [5.41, 5.74) is 2.77. The van der Waals surface area contributed by atoms with Gasteiger partial charge in [0, 0.05) is 23.6 Å². The van der Waals surface area contributed by atoms with E-state index in [9.17, 15) is 14.0 Å². The normalized spacial score (nSPS) is 21.1. The van der Waals surface area contributed by atoms with Crippen LogP contribution < -0.4 is 9.80 Å². The molecule has 0 aliphatic carbocycles. The highest BCUT2D eigenvalue weighted by atomic mass is 19.1. The zero-order valence-electron chi connectivity index (χ0n) is 19.0. The molecular weight excluding hydrogens is 439 g/mol. The average molecular weight is 463 g/mol. The molecule has 172 valence electrons. The molecule has 6 rings (SSSR count). The van der Waals surface area contributed by atoms with E-state index >= 15 is 0 Å². The standard InChI is InChI=1S/C30H23FN2O2/c31-23-15-17-24(18-16-23)33-28(34)19-26(22-11-5-2-6-12-22)30(33)25-13-7-8-14-27(25)32(29(30)35)20-21-9-3-1-4-10-21/h1-18,26H,19-20H2/t26-,30-/m0/s1. The van der Waals surface area contributed by atoms with Gasteiger partial charge < -0.3 is 4.90 Å². The predicted octanol–water partition coefficient (Wildman–Crippen LogP) is 5.79. The van der Waals surface area contributed by atoms with Gasteiger partial charge in [-0.3, -0.25) is 14.5 Å². The lowest BCUT2D eigenvalue weighted by Crippen LogP contribution is -2.53. The van der Waals surface area contributed by atoms with E-state index in [1.807, 2.05) is 84.9 Å². The third kappa shape index (κ3) is 3.19. The Hall–Kier alpha value is -4.25. The lowest BCUT2D eigenvalue weighted by Gasteiger charge is -2.38. The Labute approximate surface area is 203 Å². The van der Waals surface area contributed by atoms with Crippen LogP contribution in [0.3, 0.4) is 0 Å². The van der Waals surface area contributed by atoms with Gasteiger partial charge in [0.1, 0.15) is 5.82 Å². The van der Waals surface area contributed by atoms with E-state index in [0.29, 0.717) is 12.2 Å². The van der Waals surface area contributed by atoms with Crippen LogP contribution in [0.25, 0.3) is 0 Å². The maximum atomic E-state index is 14.6. The van der Waals surface area contributed by atoms with E-state index in [4.69, 9.17) is 0 Å². The predicted molar refractivity (Wildman–Crippen MR) is 133 cm³/mol. The molecule has 4 aromatic rings. The quantitative estimate of drug-likeness (QED) is 0.385. The fourth-order valence-corrected chi connectivity index (χ4v) is 5.69. The number of rotatable bonds is 4. The summed E-state index contributed by atoms with van der Waals surface area (Å²) in [6.07, 6.45) is 0.181. The lowest BCUT2D eigenvalue weighted by atomic mass is 9.75. The van der Waals surface area contributed by atoms with Crippen LogP contribution >= 0.6 is 0 Å². The summed E-state index contributed by atoms with van der Waals surface area (Å²) in [6.45, 7) is 0.394. The Morgan fingerprint density at radius 1 is 0.771 bits per heavy atom. The van der Waals surface area contributed by atoms with E-state index in [1.165, 1.54) is 12.1 Å². The average Bonchev–Trinajstić information content (AvgIpc) is 3.33. The van der Waals surface area contributed by atoms with Crippen LogP contribution in [0, 0.1) is 5.82 Å². The molecule has 2 atom stereocenters. The number of nitrogens with zero attached hydrogens (tertiary/aromatic N) is 2. The maximum absolute atomic E-state index is 14.6. The monoisotopic (exact) mass is 462 g/mol. The molecule has 4 aromatic carbocycles. The molecule has 0 N–H and O–H groups in total. The first-order valence-electron chi connectivity index (χ1n) is 11.7. The van der Waals surface area contributed by atoms with Gasteiger partial charge in [0.2, 0.25) is 5.91 Å². The van der Waals surface area contributed by atoms with Crippen molar-refractivity contribution in [2.75, 3.05) is 9.80 Å². The van der Waals surface area contributed by atoms with Crippen LogP contribution in [0.1, 0.15) is 29.0 Å². The van der Waals surface area contributed by atoms with Crippen molar-refractivity contribution in [3.8, 4) is 0 Å². The molecule has 0 unspecified atom stereocenters. The number of hydrogen-bond donors (Lipinski definition) is 0. The van der Waals surface area contributed by atoms with Gasteiger partial charge in [-0.2, -0.15) is 0 Å². The summed E-state index contributed by atoms with van der Waals surface area (Å²) in [6, 6.07) is 33.1. The van der Waals surface area contributed by atoms with Gasteiger partial charge in [-0.05, 0) is 41.5 Å². The van der Waals surface area contributed by atoms with Gasteiger partial charge in [0.15, 0.2) is 5.54 Å². The minimum absolute atomic E-state index is 0.147. The summed E-state index contributed by atoms with van der Waals surface area (Å²) in [4.78, 5) is 31.7. The van der Waals surface area contributed by atoms with Crippen molar-refractivity contribution in [2.24, 2.45) is 0 Å². The van der Waals surface area contributed by atoms with Crippen molar-refractivity contribution in [3.63, 3.8) is 0 Å². The molecule has 0 saturated carbocycles. The fourth-order valence-electron chi connectivity index (χ4n) is 5.69. The van der Waals surface area contributed by atoms with Gasteiger partial charge in [-0.15, -0.1) is 0 Å². The van der Waals surface area contributed by atoms with Crippen molar-refractivity contribution in [3.05, 3.63) is 132 Å². The smallest absolute Gasteiger partial charge is 0.259 e. The van der Waals surface area contributed by atoms with Crippen molar-refractivity contribution >= 4 is 23.2 Å². The van der Waals surface area contributed by atoms with Gasteiger partial charge in [-0.25, -0.2) is 4.39 Å². The molecule has 2 amide bonds. The summed E-state index contributed by atoms with van der Waals surface area (Å²) in [5, 5.41) is 0. The molecule has 35 heavy (non-hydrogen) atoms. The third-order valence-corrected chi connectivity index (χ3v) is 7.13. The minimum Gasteiger partial charge on any atom is -0.305 e. The van der Waals surface area contributed by atoms with Crippen LogP contribution in [-0.2, 0) is 21.7 Å². The third-order valence-electron chi connectivity index (χ3n) is 7.13. The first kappa shape index (κ1) is 21.3. The molecule has 4 nitrogen and oxygen atoms in total. The maximum Gasteiger partial charge on any atom is 0.259 e. The number of halogens is 1. The molecule has 0 bridgehead atoms. The van der Waals surface area contributed by atoms with Crippen molar-refractivity contribution < 1.29 is 14.0 Å². The minimum atomic E-state index is -1.26. The molecular formula is C30H23FN2O2. The summed E-state index contributed by atoms with van der Waals surface area (Å²) in [7, 11) is 0. The number of fused-ring (bicyclic) bond motifs is 2. The summed E-state index contributed by atoms with van der Waals surface area (Å²) >= 11 is 0.